The van der Waals surface area contributed by atoms with Crippen LogP contribution in [-0.2, 0) is 14.8 Å². The lowest BCUT2D eigenvalue weighted by molar-refractivity contribution is 0.0353. The largest absolute Gasteiger partial charge is 0.380 e. The van der Waals surface area contributed by atoms with Crippen LogP contribution >= 0.6 is 0 Å². The topological polar surface area (TPSA) is 69.4 Å². The molecule has 0 heterocycles. The second-order valence-electron chi connectivity index (χ2n) is 3.29. The molecule has 12 heavy (non-hydrogen) atoms. The molecule has 0 radical (unpaired) electrons. The van der Waals surface area contributed by atoms with Gasteiger partial charge in [0.1, 0.15) is 0 Å². The molecule has 0 saturated heterocycles. The molecule has 72 valence electrons. The van der Waals surface area contributed by atoms with Crippen molar-refractivity contribution in [2.75, 3.05) is 12.9 Å². The Balaban J connectivity index is 2.45. The Bertz CT molecular complexity index is 233. The molecule has 2 N–H and O–H groups in total. The molecule has 1 unspecified atom stereocenters. The van der Waals surface area contributed by atoms with E-state index >= 15 is 0 Å². The SMILES string of the molecule is COC(CS(N)(=O)=O)C1CCC1. The summed E-state index contributed by atoms with van der Waals surface area (Å²) >= 11 is 0. The second kappa shape index (κ2) is 3.72. The van der Waals surface area contributed by atoms with E-state index in [1.807, 2.05) is 0 Å². The fraction of sp³-hybridized carbons (Fsp3) is 1.00. The highest BCUT2D eigenvalue weighted by molar-refractivity contribution is 7.89. The zero-order chi connectivity index (χ0) is 9.19. The number of primary sulfonamides is 1. The third-order valence-corrected chi connectivity index (χ3v) is 3.17. The number of rotatable bonds is 4. The minimum Gasteiger partial charge on any atom is -0.380 e. The highest BCUT2D eigenvalue weighted by Gasteiger charge is 2.29. The molecule has 4 nitrogen and oxygen atoms in total. The number of sulfonamides is 1. The van der Waals surface area contributed by atoms with Crippen molar-refractivity contribution in [2.24, 2.45) is 11.1 Å². The van der Waals surface area contributed by atoms with Gasteiger partial charge in [0, 0.05) is 7.11 Å². The van der Waals surface area contributed by atoms with Crippen molar-refractivity contribution < 1.29 is 13.2 Å². The average Bonchev–Trinajstić information content (AvgIpc) is 1.79. The van der Waals surface area contributed by atoms with Crippen molar-refractivity contribution in [1.82, 2.24) is 0 Å². The molecule has 1 fully saturated rings. The minimum absolute atomic E-state index is 0.0475. The van der Waals surface area contributed by atoms with Gasteiger partial charge in [-0.15, -0.1) is 0 Å². The van der Waals surface area contributed by atoms with Crippen LogP contribution in [0.5, 0.6) is 0 Å². The molecule has 0 aromatic carbocycles. The smallest absolute Gasteiger partial charge is 0.211 e. The molecule has 1 aliphatic rings. The molecule has 0 bridgehead atoms. The van der Waals surface area contributed by atoms with Crippen LogP contribution in [-0.4, -0.2) is 27.4 Å². The van der Waals surface area contributed by atoms with Gasteiger partial charge in [0.05, 0.1) is 11.9 Å². The van der Waals surface area contributed by atoms with E-state index in [1.165, 1.54) is 13.5 Å². The van der Waals surface area contributed by atoms with Crippen LogP contribution in [0, 0.1) is 5.92 Å². The predicted octanol–water partition coefficient (Wildman–Crippen LogP) is 0.0900. The Hall–Kier alpha value is -0.130. The standard InChI is InChI=1S/C7H15NO3S/c1-11-7(5-12(8,9)10)6-3-2-4-6/h6-7H,2-5H2,1H3,(H2,8,9,10). The van der Waals surface area contributed by atoms with E-state index < -0.39 is 10.0 Å². The van der Waals surface area contributed by atoms with E-state index in [1.54, 1.807) is 0 Å². The first-order chi connectivity index (χ1) is 5.53. The molecule has 1 atom stereocenters. The molecule has 0 aromatic heterocycles. The molecule has 0 aromatic rings. The van der Waals surface area contributed by atoms with E-state index in [4.69, 9.17) is 9.88 Å². The minimum atomic E-state index is -3.38. The van der Waals surface area contributed by atoms with Gasteiger partial charge in [-0.05, 0) is 18.8 Å². The molecular weight excluding hydrogens is 178 g/mol. The van der Waals surface area contributed by atoms with Crippen LogP contribution in [0.4, 0.5) is 0 Å². The average molecular weight is 193 g/mol. The van der Waals surface area contributed by atoms with Gasteiger partial charge in [-0.2, -0.15) is 0 Å². The van der Waals surface area contributed by atoms with Crippen LogP contribution in [0.2, 0.25) is 0 Å². The summed E-state index contributed by atoms with van der Waals surface area (Å²) in [5.41, 5.74) is 0. The van der Waals surface area contributed by atoms with Crippen LogP contribution in [0.1, 0.15) is 19.3 Å². The van der Waals surface area contributed by atoms with Gasteiger partial charge >= 0.3 is 0 Å². The van der Waals surface area contributed by atoms with Crippen molar-refractivity contribution in [1.29, 1.82) is 0 Å². The third-order valence-electron chi connectivity index (χ3n) is 2.37. The van der Waals surface area contributed by atoms with Crippen LogP contribution in [0.15, 0.2) is 0 Å². The maximum atomic E-state index is 10.7. The lowest BCUT2D eigenvalue weighted by Gasteiger charge is -2.32. The summed E-state index contributed by atoms with van der Waals surface area (Å²) in [7, 11) is -1.85. The number of hydrogen-bond acceptors (Lipinski definition) is 3. The Morgan fingerprint density at radius 2 is 2.17 bits per heavy atom. The van der Waals surface area contributed by atoms with Gasteiger partial charge in [0.2, 0.25) is 10.0 Å². The number of ether oxygens (including phenoxy) is 1. The zero-order valence-electron chi connectivity index (χ0n) is 7.19. The molecule has 1 saturated carbocycles. The van der Waals surface area contributed by atoms with Crippen molar-refractivity contribution in [3.63, 3.8) is 0 Å². The highest BCUT2D eigenvalue weighted by atomic mass is 32.2. The summed E-state index contributed by atoms with van der Waals surface area (Å²) in [6.45, 7) is 0. The van der Waals surface area contributed by atoms with Gasteiger partial charge in [0.15, 0.2) is 0 Å². The summed E-state index contributed by atoms with van der Waals surface area (Å²) in [5.74, 6) is 0.349. The van der Waals surface area contributed by atoms with Crippen LogP contribution in [0.25, 0.3) is 0 Å². The molecular formula is C7H15NO3S. The van der Waals surface area contributed by atoms with Crippen molar-refractivity contribution in [3.8, 4) is 0 Å². The molecule has 0 amide bonds. The van der Waals surface area contributed by atoms with Gasteiger partial charge < -0.3 is 4.74 Å². The van der Waals surface area contributed by atoms with E-state index in [2.05, 4.69) is 0 Å². The first kappa shape index (κ1) is 9.95. The first-order valence-corrected chi connectivity index (χ1v) is 5.78. The van der Waals surface area contributed by atoms with Gasteiger partial charge in [0.25, 0.3) is 0 Å². The monoisotopic (exact) mass is 193 g/mol. The van der Waals surface area contributed by atoms with E-state index in [0.717, 1.165) is 12.8 Å². The Morgan fingerprint density at radius 3 is 2.42 bits per heavy atom. The van der Waals surface area contributed by atoms with E-state index in [0.29, 0.717) is 5.92 Å². The number of nitrogens with two attached hydrogens (primary N) is 1. The quantitative estimate of drug-likeness (QED) is 0.688. The third kappa shape index (κ3) is 2.73. The summed E-state index contributed by atoms with van der Waals surface area (Å²) in [4.78, 5) is 0. The first-order valence-electron chi connectivity index (χ1n) is 4.06. The Morgan fingerprint density at radius 1 is 1.58 bits per heavy atom. The van der Waals surface area contributed by atoms with E-state index in [9.17, 15) is 8.42 Å². The normalized spacial score (nSPS) is 21.8. The number of hydrogen-bond donors (Lipinski definition) is 1. The van der Waals surface area contributed by atoms with Crippen molar-refractivity contribution >= 4 is 10.0 Å². The van der Waals surface area contributed by atoms with Crippen molar-refractivity contribution in [2.45, 2.75) is 25.4 Å². The van der Waals surface area contributed by atoms with Gasteiger partial charge in [-0.25, -0.2) is 13.6 Å². The van der Waals surface area contributed by atoms with Crippen molar-refractivity contribution in [3.05, 3.63) is 0 Å². The van der Waals surface area contributed by atoms with E-state index in [-0.39, 0.29) is 11.9 Å². The predicted molar refractivity (Wildman–Crippen MR) is 46.1 cm³/mol. The fourth-order valence-corrected chi connectivity index (χ4v) is 2.30. The van der Waals surface area contributed by atoms with Gasteiger partial charge in [-0.1, -0.05) is 6.42 Å². The highest BCUT2D eigenvalue weighted by Crippen LogP contribution is 2.31. The second-order valence-corrected chi connectivity index (χ2v) is 4.95. The molecule has 0 aliphatic heterocycles. The maximum Gasteiger partial charge on any atom is 0.211 e. The summed E-state index contributed by atoms with van der Waals surface area (Å²) in [5, 5.41) is 4.92. The Labute approximate surface area is 73.1 Å². The molecule has 5 heteroatoms. The lowest BCUT2D eigenvalue weighted by atomic mass is 9.82. The molecule has 0 spiro atoms. The lowest BCUT2D eigenvalue weighted by Crippen LogP contribution is -2.36. The zero-order valence-corrected chi connectivity index (χ0v) is 8.01. The van der Waals surface area contributed by atoms with Gasteiger partial charge in [-0.3, -0.25) is 0 Å². The molecule has 1 rings (SSSR count). The van der Waals surface area contributed by atoms with Crippen LogP contribution < -0.4 is 5.14 Å². The van der Waals surface area contributed by atoms with Crippen LogP contribution in [0.3, 0.4) is 0 Å². The summed E-state index contributed by atoms with van der Waals surface area (Å²) in [6, 6.07) is 0. The summed E-state index contributed by atoms with van der Waals surface area (Å²) < 4.78 is 26.6. The summed E-state index contributed by atoms with van der Waals surface area (Å²) in [6.07, 6.45) is 3.10. The number of methoxy groups -OCH3 is 1. The maximum absolute atomic E-state index is 10.7. The Kier molecular flexibility index (Phi) is 3.09. The fourth-order valence-electron chi connectivity index (χ4n) is 1.44. The molecule has 1 aliphatic carbocycles.